The summed E-state index contributed by atoms with van der Waals surface area (Å²) in [5.74, 6) is -0.543. The lowest BCUT2D eigenvalue weighted by molar-refractivity contribution is 0.0706. The summed E-state index contributed by atoms with van der Waals surface area (Å²) in [6.45, 7) is 0. The Morgan fingerprint density at radius 3 is 2.62 bits per heavy atom. The number of hydrogen-bond acceptors (Lipinski definition) is 4. The number of benzene rings is 1. The van der Waals surface area contributed by atoms with Gasteiger partial charge in [0.05, 0.1) is 0 Å². The molecule has 1 aromatic carbocycles. The third kappa shape index (κ3) is 2.04. The molecule has 1 amide bonds. The molecule has 0 atom stereocenters. The van der Waals surface area contributed by atoms with E-state index in [1.54, 1.807) is 36.1 Å². The maximum atomic E-state index is 11.2. The lowest BCUT2D eigenvalue weighted by Gasteiger charge is -2.03. The summed E-state index contributed by atoms with van der Waals surface area (Å²) in [5, 5.41) is 8.53. The van der Waals surface area contributed by atoms with Gasteiger partial charge < -0.3 is 0 Å². The third-order valence-corrected chi connectivity index (χ3v) is 2.12. The van der Waals surface area contributed by atoms with Crippen molar-refractivity contribution in [2.45, 2.75) is 0 Å². The van der Waals surface area contributed by atoms with Crippen LogP contribution in [-0.4, -0.2) is 21.1 Å². The molecule has 0 unspecified atom stereocenters. The lowest BCUT2D eigenvalue weighted by atomic mass is 10.1. The second-order valence-corrected chi connectivity index (χ2v) is 3.15. The second-order valence-electron chi connectivity index (χ2n) is 3.15. The van der Waals surface area contributed by atoms with Gasteiger partial charge in [-0.3, -0.25) is 10.0 Å². The molecule has 16 heavy (non-hydrogen) atoms. The van der Waals surface area contributed by atoms with Crippen LogP contribution in [0.2, 0.25) is 0 Å². The van der Waals surface area contributed by atoms with Crippen LogP contribution < -0.4 is 5.48 Å². The number of nitrogens with zero attached hydrogens (tertiary/aromatic N) is 2. The van der Waals surface area contributed by atoms with Crippen molar-refractivity contribution >= 4 is 5.91 Å². The van der Waals surface area contributed by atoms with Crippen molar-refractivity contribution in [1.82, 2.24) is 15.4 Å². The van der Waals surface area contributed by atoms with Crippen molar-refractivity contribution < 1.29 is 10.0 Å². The van der Waals surface area contributed by atoms with Crippen molar-refractivity contribution in [2.75, 3.05) is 0 Å². The summed E-state index contributed by atoms with van der Waals surface area (Å²) >= 11 is 0. The number of nitrogens with one attached hydrogen (secondary N) is 1. The zero-order valence-corrected chi connectivity index (χ0v) is 8.29. The Labute approximate surface area is 91.8 Å². The standard InChI is InChI=1S/C11H9N3O2/c15-11(14-16)9-3-1-2-8(4-9)10-5-12-7-13-6-10/h1-7,16H,(H,14,15). The van der Waals surface area contributed by atoms with Crippen LogP contribution in [0.15, 0.2) is 43.0 Å². The third-order valence-electron chi connectivity index (χ3n) is 2.12. The summed E-state index contributed by atoms with van der Waals surface area (Å²) in [6.07, 6.45) is 4.75. The van der Waals surface area contributed by atoms with Gasteiger partial charge in [-0.25, -0.2) is 15.4 Å². The van der Waals surface area contributed by atoms with Crippen molar-refractivity contribution in [3.63, 3.8) is 0 Å². The van der Waals surface area contributed by atoms with Crippen LogP contribution in [0.1, 0.15) is 10.4 Å². The molecule has 0 saturated carbocycles. The van der Waals surface area contributed by atoms with Crippen LogP contribution in [-0.2, 0) is 0 Å². The Morgan fingerprint density at radius 2 is 1.94 bits per heavy atom. The van der Waals surface area contributed by atoms with E-state index in [4.69, 9.17) is 5.21 Å². The quantitative estimate of drug-likeness (QED) is 0.584. The van der Waals surface area contributed by atoms with Gasteiger partial charge in [-0.1, -0.05) is 12.1 Å². The fourth-order valence-electron chi connectivity index (χ4n) is 1.35. The fraction of sp³-hybridized carbons (Fsp3) is 0. The molecule has 1 heterocycles. The number of carbonyl (C=O) groups is 1. The molecule has 1 aromatic heterocycles. The average Bonchev–Trinajstić information content (AvgIpc) is 2.39. The molecule has 0 saturated heterocycles. The highest BCUT2D eigenvalue weighted by Gasteiger charge is 2.05. The first kappa shape index (κ1) is 10.3. The normalized spacial score (nSPS) is 9.81. The van der Waals surface area contributed by atoms with Crippen LogP contribution >= 0.6 is 0 Å². The zero-order valence-electron chi connectivity index (χ0n) is 8.29. The molecule has 80 valence electrons. The number of amides is 1. The van der Waals surface area contributed by atoms with Crippen LogP contribution in [0, 0.1) is 0 Å². The molecule has 2 N–H and O–H groups in total. The molecule has 5 heteroatoms. The minimum Gasteiger partial charge on any atom is -0.288 e. The number of hydrogen-bond donors (Lipinski definition) is 2. The smallest absolute Gasteiger partial charge is 0.274 e. The highest BCUT2D eigenvalue weighted by atomic mass is 16.5. The van der Waals surface area contributed by atoms with E-state index in [9.17, 15) is 4.79 Å². The molecule has 0 radical (unpaired) electrons. The van der Waals surface area contributed by atoms with Gasteiger partial charge >= 0.3 is 0 Å². The van der Waals surface area contributed by atoms with Gasteiger partial charge in [-0.05, 0) is 17.7 Å². The summed E-state index contributed by atoms with van der Waals surface area (Å²) in [5.41, 5.74) is 3.60. The van der Waals surface area contributed by atoms with Crippen LogP contribution in [0.3, 0.4) is 0 Å². The molecule has 0 fully saturated rings. The van der Waals surface area contributed by atoms with Gasteiger partial charge in [0.1, 0.15) is 6.33 Å². The predicted molar refractivity (Wildman–Crippen MR) is 56.7 cm³/mol. The summed E-state index contributed by atoms with van der Waals surface area (Å²) in [7, 11) is 0. The zero-order chi connectivity index (χ0) is 11.4. The average molecular weight is 215 g/mol. The largest absolute Gasteiger partial charge is 0.288 e. The van der Waals surface area contributed by atoms with E-state index in [0.717, 1.165) is 11.1 Å². The first-order valence-electron chi connectivity index (χ1n) is 4.61. The van der Waals surface area contributed by atoms with E-state index >= 15 is 0 Å². The monoisotopic (exact) mass is 215 g/mol. The number of carbonyl (C=O) groups excluding carboxylic acids is 1. The van der Waals surface area contributed by atoms with E-state index in [1.807, 2.05) is 6.07 Å². The van der Waals surface area contributed by atoms with Gasteiger partial charge in [-0.2, -0.15) is 0 Å². The molecule has 0 aliphatic carbocycles. The highest BCUT2D eigenvalue weighted by molar-refractivity contribution is 5.94. The number of hydroxylamine groups is 1. The van der Waals surface area contributed by atoms with Gasteiger partial charge in [0, 0.05) is 23.5 Å². The Balaban J connectivity index is 2.40. The Kier molecular flexibility index (Phi) is 2.88. The molecule has 0 bridgehead atoms. The summed E-state index contributed by atoms with van der Waals surface area (Å²) < 4.78 is 0. The van der Waals surface area contributed by atoms with Crippen molar-refractivity contribution in [3.05, 3.63) is 48.5 Å². The number of aromatic nitrogens is 2. The molecule has 2 aromatic rings. The molecule has 5 nitrogen and oxygen atoms in total. The van der Waals surface area contributed by atoms with Gasteiger partial charge in [0.15, 0.2) is 0 Å². The number of rotatable bonds is 2. The maximum absolute atomic E-state index is 11.2. The minimum atomic E-state index is -0.543. The summed E-state index contributed by atoms with van der Waals surface area (Å²) in [4.78, 5) is 19.0. The van der Waals surface area contributed by atoms with Crippen molar-refractivity contribution in [3.8, 4) is 11.1 Å². The minimum absolute atomic E-state index is 0.379. The van der Waals surface area contributed by atoms with Crippen molar-refractivity contribution in [1.29, 1.82) is 0 Å². The molecular formula is C11H9N3O2. The van der Waals surface area contributed by atoms with E-state index in [1.165, 1.54) is 6.33 Å². The van der Waals surface area contributed by atoms with E-state index < -0.39 is 5.91 Å². The highest BCUT2D eigenvalue weighted by Crippen LogP contribution is 2.18. The Hall–Kier alpha value is -2.27. The van der Waals surface area contributed by atoms with E-state index in [0.29, 0.717) is 5.56 Å². The van der Waals surface area contributed by atoms with E-state index in [2.05, 4.69) is 9.97 Å². The lowest BCUT2D eigenvalue weighted by Crippen LogP contribution is -2.18. The predicted octanol–water partition coefficient (Wildman–Crippen LogP) is 1.26. The molecular weight excluding hydrogens is 206 g/mol. The second kappa shape index (κ2) is 4.50. The van der Waals surface area contributed by atoms with E-state index in [-0.39, 0.29) is 0 Å². The molecule has 2 rings (SSSR count). The fourth-order valence-corrected chi connectivity index (χ4v) is 1.35. The van der Waals surface area contributed by atoms with Crippen molar-refractivity contribution in [2.24, 2.45) is 0 Å². The molecule has 0 aliphatic heterocycles. The molecule has 0 aliphatic rings. The van der Waals surface area contributed by atoms with Gasteiger partial charge in [0.2, 0.25) is 0 Å². The SMILES string of the molecule is O=C(NO)c1cccc(-c2cncnc2)c1. The first-order valence-corrected chi connectivity index (χ1v) is 4.61. The summed E-state index contributed by atoms with van der Waals surface area (Å²) in [6, 6.07) is 6.84. The van der Waals surface area contributed by atoms with Crippen LogP contribution in [0.4, 0.5) is 0 Å². The van der Waals surface area contributed by atoms with Crippen LogP contribution in [0.5, 0.6) is 0 Å². The Bertz CT molecular complexity index is 500. The molecule has 0 spiro atoms. The Morgan fingerprint density at radius 1 is 1.19 bits per heavy atom. The van der Waals surface area contributed by atoms with Gasteiger partial charge in [-0.15, -0.1) is 0 Å². The maximum Gasteiger partial charge on any atom is 0.274 e. The first-order chi connectivity index (χ1) is 7.81. The topological polar surface area (TPSA) is 75.1 Å². The van der Waals surface area contributed by atoms with Gasteiger partial charge in [0.25, 0.3) is 5.91 Å². The van der Waals surface area contributed by atoms with Crippen LogP contribution in [0.25, 0.3) is 11.1 Å².